The zero-order chi connectivity index (χ0) is 30.7. The van der Waals surface area contributed by atoms with Crippen LogP contribution in [-0.2, 0) is 29.7 Å². The van der Waals surface area contributed by atoms with Crippen molar-refractivity contribution in [3.05, 3.63) is 60.2 Å². The first-order valence-corrected chi connectivity index (χ1v) is 24.6. The quantitative estimate of drug-likeness (QED) is 0.0503. The first-order chi connectivity index (χ1) is 20.2. The summed E-state index contributed by atoms with van der Waals surface area (Å²) < 4.78 is 16.8. The van der Waals surface area contributed by atoms with Crippen molar-refractivity contribution >= 4 is 35.3 Å². The molecule has 0 N–H and O–H groups in total. The molecule has 0 bridgehead atoms. The third kappa shape index (κ3) is 13.7. The normalized spacial score (nSPS) is 12.6. The van der Waals surface area contributed by atoms with Crippen molar-refractivity contribution in [1.29, 1.82) is 0 Å². The van der Waals surface area contributed by atoms with E-state index in [1.807, 2.05) is 18.2 Å². The summed E-state index contributed by atoms with van der Waals surface area (Å²) in [4.78, 5) is 10.6. The van der Waals surface area contributed by atoms with E-state index in [0.717, 1.165) is 24.4 Å². The lowest BCUT2D eigenvalue weighted by Crippen LogP contribution is -2.46. The molecule has 238 valence electrons. The zero-order valence-corrected chi connectivity index (χ0v) is 30.8. The molecule has 0 saturated heterocycles. The molecular formula is C34H60O5Si3. The molecule has 0 atom stereocenters. The molecule has 0 heterocycles. The third-order valence-corrected chi connectivity index (χ3v) is 18.7. The van der Waals surface area contributed by atoms with Gasteiger partial charge in [-0.15, -0.1) is 0 Å². The molecule has 42 heavy (non-hydrogen) atoms. The molecule has 5 nitrogen and oxygen atoms in total. The van der Waals surface area contributed by atoms with E-state index in [0.29, 0.717) is 13.2 Å². The molecular weight excluding hydrogens is 573 g/mol. The van der Waals surface area contributed by atoms with E-state index in [2.05, 4.69) is 62.6 Å². The predicted octanol–water partition coefficient (Wildman–Crippen LogP) is 8.44. The van der Waals surface area contributed by atoms with E-state index >= 15 is 0 Å². The average molecular weight is 633 g/mol. The molecule has 0 saturated carbocycles. The van der Waals surface area contributed by atoms with E-state index < -0.39 is 25.0 Å². The van der Waals surface area contributed by atoms with Crippen molar-refractivity contribution in [2.45, 2.75) is 115 Å². The van der Waals surface area contributed by atoms with Gasteiger partial charge in [0.05, 0.1) is 22.8 Å². The van der Waals surface area contributed by atoms with Gasteiger partial charge in [-0.1, -0.05) is 161 Å². The summed E-state index contributed by atoms with van der Waals surface area (Å²) in [5, 5.41) is 3.16. The Morgan fingerprint density at radius 1 is 0.476 bits per heavy atom. The van der Waals surface area contributed by atoms with Crippen molar-refractivity contribution in [3.8, 4) is 0 Å². The fourth-order valence-electron chi connectivity index (χ4n) is 5.67. The Balaban J connectivity index is 1.54. The Labute approximate surface area is 261 Å². The fourth-order valence-corrected chi connectivity index (χ4v) is 12.7. The monoisotopic (exact) mass is 632 g/mol. The van der Waals surface area contributed by atoms with Crippen LogP contribution in [0.25, 0.3) is 0 Å². The Morgan fingerprint density at radius 2 is 0.929 bits per heavy atom. The van der Waals surface area contributed by atoms with Gasteiger partial charge < -0.3 is 13.3 Å². The number of hydrogen-bond donors (Lipinski definition) is 0. The Hall–Kier alpha value is -1.11. The van der Waals surface area contributed by atoms with E-state index in [9.17, 15) is 0 Å². The van der Waals surface area contributed by atoms with Gasteiger partial charge in [0.2, 0.25) is 0 Å². The molecule has 8 heteroatoms. The van der Waals surface area contributed by atoms with Gasteiger partial charge in [-0.3, -0.25) is 0 Å². The molecule has 0 aliphatic heterocycles. The van der Waals surface area contributed by atoms with Crippen LogP contribution in [0.15, 0.2) is 54.6 Å². The molecule has 0 radical (unpaired) electrons. The minimum Gasteiger partial charge on any atom is -0.377 e. The predicted molar refractivity (Wildman–Crippen MR) is 185 cm³/mol. The molecule has 0 aliphatic carbocycles. The van der Waals surface area contributed by atoms with Crippen molar-refractivity contribution < 1.29 is 23.1 Å². The molecule has 2 rings (SSSR count). The highest BCUT2D eigenvalue weighted by molar-refractivity contribution is 6.91. The van der Waals surface area contributed by atoms with Crippen molar-refractivity contribution in [2.75, 3.05) is 27.9 Å². The van der Waals surface area contributed by atoms with Gasteiger partial charge in [0.15, 0.2) is 0 Å². The molecule has 0 aliphatic rings. The van der Waals surface area contributed by atoms with Crippen LogP contribution in [0, 0.1) is 0 Å². The van der Waals surface area contributed by atoms with Gasteiger partial charge >= 0.3 is 8.80 Å². The Morgan fingerprint density at radius 3 is 1.43 bits per heavy atom. The molecule has 0 spiro atoms. The molecule has 0 amide bonds. The molecule has 0 unspecified atom stereocenters. The van der Waals surface area contributed by atoms with Crippen molar-refractivity contribution in [3.63, 3.8) is 0 Å². The first-order valence-electron chi connectivity index (χ1n) is 16.2. The lowest BCUT2D eigenvalue weighted by atomic mass is 10.1. The van der Waals surface area contributed by atoms with Crippen LogP contribution in [0.4, 0.5) is 0 Å². The van der Waals surface area contributed by atoms with E-state index in [4.69, 9.17) is 23.1 Å². The summed E-state index contributed by atoms with van der Waals surface area (Å²) in [7, 11) is -0.266. The summed E-state index contributed by atoms with van der Waals surface area (Å²) >= 11 is 0. The maximum atomic E-state index is 5.61. The molecule has 0 aromatic heterocycles. The van der Waals surface area contributed by atoms with Crippen LogP contribution in [0.3, 0.4) is 0 Å². The van der Waals surface area contributed by atoms with Crippen LogP contribution in [0.2, 0.25) is 44.3 Å². The topological polar surface area (TPSA) is 46.2 Å². The van der Waals surface area contributed by atoms with Crippen molar-refractivity contribution in [1.82, 2.24) is 0 Å². The van der Waals surface area contributed by atoms with E-state index in [1.54, 1.807) is 31.7 Å². The number of rotatable bonds is 24. The first kappa shape index (κ1) is 37.1. The SMILES string of the molecule is CO[Si](CCC[Si](C)(C)c1ccc([Si](C)(C)CCCCCCCCCCCOOCc2ccccc2)cc1)(OC)OC. The minimum atomic E-state index is -2.48. The summed E-state index contributed by atoms with van der Waals surface area (Å²) in [6.07, 6.45) is 12.9. The smallest absolute Gasteiger partial charge is 0.377 e. The maximum absolute atomic E-state index is 5.61. The molecule has 2 aromatic carbocycles. The summed E-state index contributed by atoms with van der Waals surface area (Å²) in [6, 6.07) is 23.4. The summed E-state index contributed by atoms with van der Waals surface area (Å²) in [5.41, 5.74) is 1.15. The zero-order valence-electron chi connectivity index (χ0n) is 27.8. The van der Waals surface area contributed by atoms with Crippen molar-refractivity contribution in [2.24, 2.45) is 0 Å². The largest absolute Gasteiger partial charge is 0.500 e. The second-order valence-electron chi connectivity index (χ2n) is 13.0. The van der Waals surface area contributed by atoms with Gasteiger partial charge in [-0.2, -0.15) is 0 Å². The second-order valence-corrected chi connectivity index (χ2v) is 25.8. The lowest BCUT2D eigenvalue weighted by molar-refractivity contribution is -0.304. The number of benzene rings is 2. The Bertz CT molecular complexity index is 941. The highest BCUT2D eigenvalue weighted by Gasteiger charge is 2.38. The molecule has 0 fully saturated rings. The fraction of sp³-hybridized carbons (Fsp3) is 0.647. The Kier molecular flexibility index (Phi) is 17.7. The standard InChI is InChI=1S/C34H60O5Si3/c1-35-42(36-2,37-3)30-20-29-41(6,7)34-25-23-33(24-26-34)40(4,5)28-19-14-12-10-8-9-11-13-18-27-38-39-31-32-21-16-15-17-22-32/h15-17,21-26H,8-14,18-20,27-31H2,1-7H3. The number of hydrogen-bond acceptors (Lipinski definition) is 5. The number of unbranched alkanes of at least 4 members (excludes halogenated alkanes) is 8. The maximum Gasteiger partial charge on any atom is 0.500 e. The van der Waals surface area contributed by atoms with Gasteiger partial charge in [0.25, 0.3) is 0 Å². The van der Waals surface area contributed by atoms with Crippen LogP contribution in [0.5, 0.6) is 0 Å². The lowest BCUT2D eigenvalue weighted by Gasteiger charge is -2.28. The van der Waals surface area contributed by atoms with Gasteiger partial charge in [-0.25, -0.2) is 9.78 Å². The minimum absolute atomic E-state index is 0.524. The van der Waals surface area contributed by atoms with Crippen LogP contribution < -0.4 is 10.4 Å². The average Bonchev–Trinajstić information content (AvgIpc) is 3.00. The van der Waals surface area contributed by atoms with Gasteiger partial charge in [-0.05, 0) is 12.0 Å². The summed E-state index contributed by atoms with van der Waals surface area (Å²) in [6.45, 7) is 11.3. The third-order valence-electron chi connectivity index (χ3n) is 8.85. The van der Waals surface area contributed by atoms with Gasteiger partial charge in [0, 0.05) is 27.4 Å². The van der Waals surface area contributed by atoms with Gasteiger partial charge in [0.1, 0.15) is 6.61 Å². The van der Waals surface area contributed by atoms with E-state index in [-0.39, 0.29) is 0 Å². The molecule has 2 aromatic rings. The van der Waals surface area contributed by atoms with Crippen LogP contribution >= 0.6 is 0 Å². The second kappa shape index (κ2) is 20.0. The van der Waals surface area contributed by atoms with Crippen LogP contribution in [-0.4, -0.2) is 52.9 Å². The van der Waals surface area contributed by atoms with Crippen LogP contribution in [0.1, 0.15) is 69.8 Å². The highest BCUT2D eigenvalue weighted by Crippen LogP contribution is 2.22. The van der Waals surface area contributed by atoms with E-state index in [1.165, 1.54) is 63.5 Å². The highest BCUT2D eigenvalue weighted by atomic mass is 28.4. The summed E-state index contributed by atoms with van der Waals surface area (Å²) in [5.74, 6) is 0.